The summed E-state index contributed by atoms with van der Waals surface area (Å²) in [6.07, 6.45) is 1.49. The van der Waals surface area contributed by atoms with E-state index in [0.29, 0.717) is 12.6 Å². The van der Waals surface area contributed by atoms with E-state index in [1.807, 2.05) is 63.2 Å². The maximum atomic E-state index is 12.6. The maximum absolute atomic E-state index is 12.6. The lowest BCUT2D eigenvalue weighted by Gasteiger charge is -2.12. The fourth-order valence-corrected chi connectivity index (χ4v) is 3.20. The van der Waals surface area contributed by atoms with Gasteiger partial charge in [-0.2, -0.15) is 0 Å². The molecule has 3 N–H and O–H groups in total. The second-order valence-electron chi connectivity index (χ2n) is 7.60. The van der Waals surface area contributed by atoms with Crippen molar-refractivity contribution in [3.05, 3.63) is 83.4 Å². The van der Waals surface area contributed by atoms with Crippen LogP contribution in [0.4, 0.5) is 5.69 Å². The number of rotatable bonds is 7. The summed E-state index contributed by atoms with van der Waals surface area (Å²) in [5.74, 6) is -1.44. The van der Waals surface area contributed by atoms with Crippen LogP contribution in [0.15, 0.2) is 66.7 Å². The van der Waals surface area contributed by atoms with Crippen LogP contribution in [-0.4, -0.2) is 23.0 Å². The Morgan fingerprint density at radius 3 is 2.43 bits per heavy atom. The molecule has 1 amide bonds. The van der Waals surface area contributed by atoms with Gasteiger partial charge in [0.15, 0.2) is 0 Å². The standard InChI is InChI=1S/C25H26N2O3/c1-16(2)26-15-18-8-11-22(25(29)30)23(13-18)27-24(28)12-17(3)20-10-9-19-6-4-5-7-21(19)14-20/h4-14,16,26H,15H2,1-3H3,(H,27,28)(H,29,30). The lowest BCUT2D eigenvalue weighted by molar-refractivity contribution is -0.111. The SMILES string of the molecule is CC(=CC(=O)Nc1cc(CNC(C)C)ccc1C(=O)O)c1ccc2ccccc2c1. The van der Waals surface area contributed by atoms with Gasteiger partial charge in [0.05, 0.1) is 11.3 Å². The average molecular weight is 402 g/mol. The molecule has 0 bridgehead atoms. The van der Waals surface area contributed by atoms with Crippen molar-refractivity contribution in [2.75, 3.05) is 5.32 Å². The molecule has 3 rings (SSSR count). The molecule has 0 spiro atoms. The maximum Gasteiger partial charge on any atom is 0.337 e. The van der Waals surface area contributed by atoms with Crippen LogP contribution in [0, 0.1) is 0 Å². The molecular weight excluding hydrogens is 376 g/mol. The Labute approximate surface area is 176 Å². The quantitative estimate of drug-likeness (QED) is 0.482. The van der Waals surface area contributed by atoms with Crippen molar-refractivity contribution < 1.29 is 14.7 Å². The Bertz CT molecular complexity index is 1120. The fraction of sp³-hybridized carbons (Fsp3) is 0.200. The first kappa shape index (κ1) is 21.3. The van der Waals surface area contributed by atoms with Gasteiger partial charge in [-0.25, -0.2) is 4.79 Å². The van der Waals surface area contributed by atoms with Crippen LogP contribution in [0.2, 0.25) is 0 Å². The van der Waals surface area contributed by atoms with E-state index < -0.39 is 5.97 Å². The summed E-state index contributed by atoms with van der Waals surface area (Å²) in [5.41, 5.74) is 3.00. The highest BCUT2D eigenvalue weighted by Crippen LogP contribution is 2.22. The van der Waals surface area contributed by atoms with Crippen LogP contribution in [0.1, 0.15) is 42.3 Å². The van der Waals surface area contributed by atoms with Crippen LogP contribution >= 0.6 is 0 Å². The van der Waals surface area contributed by atoms with Gasteiger partial charge in [-0.15, -0.1) is 0 Å². The Balaban J connectivity index is 1.82. The van der Waals surface area contributed by atoms with E-state index in [1.54, 1.807) is 12.1 Å². The summed E-state index contributed by atoms with van der Waals surface area (Å²) in [6.45, 7) is 6.53. The molecule has 0 radical (unpaired) electrons. The highest BCUT2D eigenvalue weighted by molar-refractivity contribution is 6.07. The molecule has 3 aromatic rings. The highest BCUT2D eigenvalue weighted by Gasteiger charge is 2.13. The average Bonchev–Trinajstić information content (AvgIpc) is 2.71. The molecule has 0 heterocycles. The largest absolute Gasteiger partial charge is 0.478 e. The number of aromatic carboxylic acids is 1. The minimum atomic E-state index is -1.08. The van der Waals surface area contributed by atoms with Crippen molar-refractivity contribution in [3.8, 4) is 0 Å². The zero-order valence-corrected chi connectivity index (χ0v) is 17.4. The second kappa shape index (κ2) is 9.37. The third-order valence-corrected chi connectivity index (χ3v) is 4.84. The van der Waals surface area contributed by atoms with Gasteiger partial charge >= 0.3 is 5.97 Å². The molecule has 154 valence electrons. The Morgan fingerprint density at radius 2 is 1.73 bits per heavy atom. The summed E-state index contributed by atoms with van der Waals surface area (Å²) in [7, 11) is 0. The number of nitrogens with one attached hydrogen (secondary N) is 2. The summed E-state index contributed by atoms with van der Waals surface area (Å²) in [4.78, 5) is 24.2. The van der Waals surface area contributed by atoms with Gasteiger partial charge in [-0.1, -0.05) is 56.3 Å². The summed E-state index contributed by atoms with van der Waals surface area (Å²) < 4.78 is 0. The molecule has 5 nitrogen and oxygen atoms in total. The molecule has 0 atom stereocenters. The van der Waals surface area contributed by atoms with E-state index in [-0.39, 0.29) is 17.2 Å². The van der Waals surface area contributed by atoms with Crippen LogP contribution in [0.3, 0.4) is 0 Å². The monoisotopic (exact) mass is 402 g/mol. The number of carbonyl (C=O) groups excluding carboxylic acids is 1. The molecule has 0 aromatic heterocycles. The molecule has 5 heteroatoms. The van der Waals surface area contributed by atoms with Gasteiger partial charge in [0.25, 0.3) is 0 Å². The van der Waals surface area contributed by atoms with Crippen molar-refractivity contribution >= 4 is 33.9 Å². The summed E-state index contributed by atoms with van der Waals surface area (Å²) in [6, 6.07) is 19.4. The van der Waals surface area contributed by atoms with E-state index in [1.165, 1.54) is 12.1 Å². The van der Waals surface area contributed by atoms with Gasteiger partial charge in [0.1, 0.15) is 0 Å². The van der Waals surface area contributed by atoms with Gasteiger partial charge in [0, 0.05) is 18.7 Å². The van der Waals surface area contributed by atoms with E-state index >= 15 is 0 Å². The minimum absolute atomic E-state index is 0.0633. The number of amides is 1. The van der Waals surface area contributed by atoms with Gasteiger partial charge < -0.3 is 15.7 Å². The Kier molecular flexibility index (Phi) is 6.65. The van der Waals surface area contributed by atoms with Gasteiger partial charge in [-0.05, 0) is 52.6 Å². The van der Waals surface area contributed by atoms with E-state index in [4.69, 9.17) is 0 Å². The minimum Gasteiger partial charge on any atom is -0.478 e. The molecule has 0 aliphatic heterocycles. The highest BCUT2D eigenvalue weighted by atomic mass is 16.4. The van der Waals surface area contributed by atoms with Crippen molar-refractivity contribution in [2.45, 2.75) is 33.4 Å². The molecule has 30 heavy (non-hydrogen) atoms. The first-order chi connectivity index (χ1) is 14.3. The van der Waals surface area contributed by atoms with Crippen LogP contribution < -0.4 is 10.6 Å². The van der Waals surface area contributed by atoms with E-state index in [9.17, 15) is 14.7 Å². The van der Waals surface area contributed by atoms with Crippen molar-refractivity contribution in [1.82, 2.24) is 5.32 Å². The van der Waals surface area contributed by atoms with Crippen molar-refractivity contribution in [2.24, 2.45) is 0 Å². The molecular formula is C25H26N2O3. The number of fused-ring (bicyclic) bond motifs is 1. The third kappa shape index (κ3) is 5.33. The second-order valence-corrected chi connectivity index (χ2v) is 7.60. The molecule has 0 unspecified atom stereocenters. The zero-order chi connectivity index (χ0) is 21.7. The molecule has 0 aliphatic carbocycles. The van der Waals surface area contributed by atoms with Crippen LogP contribution in [-0.2, 0) is 11.3 Å². The van der Waals surface area contributed by atoms with E-state index in [0.717, 1.165) is 27.5 Å². The zero-order valence-electron chi connectivity index (χ0n) is 17.4. The Hall–Kier alpha value is -3.44. The molecule has 0 saturated carbocycles. The Morgan fingerprint density at radius 1 is 1.00 bits per heavy atom. The normalized spacial score (nSPS) is 11.7. The number of hydrogen-bond acceptors (Lipinski definition) is 3. The number of carboxylic acids is 1. The third-order valence-electron chi connectivity index (χ3n) is 4.84. The number of hydrogen-bond donors (Lipinski definition) is 3. The number of anilines is 1. The summed E-state index contributed by atoms with van der Waals surface area (Å²) in [5, 5.41) is 17.7. The van der Waals surface area contributed by atoms with Crippen molar-refractivity contribution in [1.29, 1.82) is 0 Å². The first-order valence-electron chi connectivity index (χ1n) is 9.91. The smallest absolute Gasteiger partial charge is 0.337 e. The van der Waals surface area contributed by atoms with Gasteiger partial charge in [-0.3, -0.25) is 4.79 Å². The molecule has 0 fully saturated rings. The number of carbonyl (C=O) groups is 2. The number of benzene rings is 3. The lowest BCUT2D eigenvalue weighted by atomic mass is 10.0. The number of carboxylic acid groups (broad SMARTS) is 1. The number of allylic oxidation sites excluding steroid dienone is 1. The predicted molar refractivity (Wildman–Crippen MR) is 122 cm³/mol. The van der Waals surface area contributed by atoms with Crippen LogP contribution in [0.5, 0.6) is 0 Å². The molecule has 0 saturated heterocycles. The topological polar surface area (TPSA) is 78.4 Å². The molecule has 3 aromatic carbocycles. The van der Waals surface area contributed by atoms with Crippen LogP contribution in [0.25, 0.3) is 16.3 Å². The molecule has 0 aliphatic rings. The predicted octanol–water partition coefficient (Wildman–Crippen LogP) is 5.08. The van der Waals surface area contributed by atoms with Gasteiger partial charge in [0.2, 0.25) is 5.91 Å². The lowest BCUT2D eigenvalue weighted by Crippen LogP contribution is -2.22. The van der Waals surface area contributed by atoms with Crippen molar-refractivity contribution in [3.63, 3.8) is 0 Å². The first-order valence-corrected chi connectivity index (χ1v) is 9.91. The summed E-state index contributed by atoms with van der Waals surface area (Å²) >= 11 is 0. The fourth-order valence-electron chi connectivity index (χ4n) is 3.20. The van der Waals surface area contributed by atoms with E-state index in [2.05, 4.69) is 10.6 Å².